The van der Waals surface area contributed by atoms with Crippen molar-refractivity contribution < 1.29 is 4.79 Å². The zero-order valence-corrected chi connectivity index (χ0v) is 12.8. The third kappa shape index (κ3) is 2.75. The first kappa shape index (κ1) is 13.5. The van der Waals surface area contributed by atoms with Crippen LogP contribution in [0.15, 0.2) is 16.6 Å². The van der Waals surface area contributed by atoms with Crippen molar-refractivity contribution in [2.45, 2.75) is 6.42 Å². The first-order valence-electron chi connectivity index (χ1n) is 5.08. The van der Waals surface area contributed by atoms with E-state index >= 15 is 0 Å². The molecule has 1 aromatic rings. The van der Waals surface area contributed by atoms with Gasteiger partial charge in [0, 0.05) is 17.4 Å². The van der Waals surface area contributed by atoms with Gasteiger partial charge in [0.25, 0.3) is 0 Å². The summed E-state index contributed by atoms with van der Waals surface area (Å²) in [4.78, 5) is 13.5. The van der Waals surface area contributed by atoms with E-state index in [2.05, 4.69) is 28.6 Å². The SMILES string of the molecule is O=C1CC(CS)CN1c1c(Cl)cc(Br)cc1Cl. The standard InChI is InChI=1S/C11H10BrCl2NOS/c12-7-2-8(13)11(9(14)3-7)15-4-6(5-17)1-10(15)16/h2-3,6,17H,1,4-5H2. The second kappa shape index (κ2) is 5.39. The lowest BCUT2D eigenvalue weighted by Gasteiger charge is -2.19. The van der Waals surface area contributed by atoms with Crippen molar-refractivity contribution in [2.24, 2.45) is 5.92 Å². The van der Waals surface area contributed by atoms with Crippen LogP contribution in [-0.4, -0.2) is 18.2 Å². The zero-order valence-electron chi connectivity index (χ0n) is 8.79. The minimum atomic E-state index is 0.0511. The van der Waals surface area contributed by atoms with E-state index in [0.717, 1.165) is 4.47 Å². The molecule has 0 bridgehead atoms. The van der Waals surface area contributed by atoms with E-state index in [4.69, 9.17) is 23.2 Å². The monoisotopic (exact) mass is 353 g/mol. The summed E-state index contributed by atoms with van der Waals surface area (Å²) in [6.07, 6.45) is 0.506. The number of anilines is 1. The van der Waals surface area contributed by atoms with E-state index in [1.54, 1.807) is 17.0 Å². The highest BCUT2D eigenvalue weighted by atomic mass is 79.9. The molecule has 1 aromatic carbocycles. The molecule has 2 rings (SSSR count). The minimum Gasteiger partial charge on any atom is -0.309 e. The topological polar surface area (TPSA) is 20.3 Å². The van der Waals surface area contributed by atoms with Gasteiger partial charge in [-0.1, -0.05) is 39.1 Å². The molecule has 1 aliphatic heterocycles. The smallest absolute Gasteiger partial charge is 0.227 e. The van der Waals surface area contributed by atoms with Gasteiger partial charge in [0.2, 0.25) is 5.91 Å². The quantitative estimate of drug-likeness (QED) is 0.794. The molecule has 1 heterocycles. The predicted molar refractivity (Wildman–Crippen MR) is 78.5 cm³/mol. The predicted octanol–water partition coefficient (Wildman–Crippen LogP) is 4.04. The van der Waals surface area contributed by atoms with Gasteiger partial charge in [-0.25, -0.2) is 0 Å². The van der Waals surface area contributed by atoms with Crippen LogP contribution in [0.4, 0.5) is 5.69 Å². The van der Waals surface area contributed by atoms with Crippen molar-refractivity contribution >= 4 is 63.4 Å². The van der Waals surface area contributed by atoms with E-state index < -0.39 is 0 Å². The van der Waals surface area contributed by atoms with E-state index in [1.165, 1.54) is 0 Å². The second-order valence-electron chi connectivity index (χ2n) is 3.98. The second-order valence-corrected chi connectivity index (χ2v) is 6.07. The summed E-state index contributed by atoms with van der Waals surface area (Å²) in [5.74, 6) is 1.00. The average molecular weight is 355 g/mol. The Morgan fingerprint density at radius 3 is 2.47 bits per heavy atom. The van der Waals surface area contributed by atoms with Crippen molar-refractivity contribution in [2.75, 3.05) is 17.2 Å². The molecule has 92 valence electrons. The van der Waals surface area contributed by atoms with E-state index in [0.29, 0.717) is 34.5 Å². The number of rotatable bonds is 2. The number of nitrogens with zero attached hydrogens (tertiary/aromatic N) is 1. The fraction of sp³-hybridized carbons (Fsp3) is 0.364. The van der Waals surface area contributed by atoms with E-state index in [1.807, 2.05) is 0 Å². The molecular formula is C11H10BrCl2NOS. The van der Waals surface area contributed by atoms with Crippen molar-refractivity contribution in [1.29, 1.82) is 0 Å². The third-order valence-corrected chi connectivity index (χ3v) is 4.27. The Morgan fingerprint density at radius 1 is 1.41 bits per heavy atom. The molecule has 1 amide bonds. The number of carbonyl (C=O) groups is 1. The molecule has 0 aliphatic carbocycles. The summed E-state index contributed by atoms with van der Waals surface area (Å²) in [6, 6.07) is 3.48. The van der Waals surface area contributed by atoms with Crippen LogP contribution in [0.25, 0.3) is 0 Å². The molecule has 1 aliphatic rings. The average Bonchev–Trinajstić information content (AvgIpc) is 2.59. The summed E-state index contributed by atoms with van der Waals surface area (Å²) in [6.45, 7) is 0.628. The minimum absolute atomic E-state index is 0.0511. The van der Waals surface area contributed by atoms with Gasteiger partial charge in [0.05, 0.1) is 15.7 Å². The first-order chi connectivity index (χ1) is 8.02. The Kier molecular flexibility index (Phi) is 4.29. The number of carbonyl (C=O) groups excluding carboxylic acids is 1. The van der Waals surface area contributed by atoms with Gasteiger partial charge in [-0.3, -0.25) is 4.79 Å². The molecule has 0 aromatic heterocycles. The van der Waals surface area contributed by atoms with Crippen LogP contribution >= 0.6 is 51.8 Å². The summed E-state index contributed by atoms with van der Waals surface area (Å²) in [5, 5.41) is 0.968. The summed E-state index contributed by atoms with van der Waals surface area (Å²) >= 11 is 19.8. The Balaban J connectivity index is 2.38. The molecule has 1 fully saturated rings. The number of hydrogen-bond acceptors (Lipinski definition) is 2. The molecule has 1 saturated heterocycles. The molecule has 0 spiro atoms. The molecule has 1 unspecified atom stereocenters. The summed E-state index contributed by atoms with van der Waals surface area (Å²) in [5.41, 5.74) is 0.603. The first-order valence-corrected chi connectivity index (χ1v) is 7.27. The molecule has 0 saturated carbocycles. The van der Waals surface area contributed by atoms with Crippen LogP contribution in [-0.2, 0) is 4.79 Å². The Labute approximate surface area is 124 Å². The van der Waals surface area contributed by atoms with Crippen LogP contribution in [0.1, 0.15) is 6.42 Å². The van der Waals surface area contributed by atoms with Crippen LogP contribution in [0.3, 0.4) is 0 Å². The molecule has 0 radical (unpaired) electrons. The number of amides is 1. The van der Waals surface area contributed by atoms with Gasteiger partial charge < -0.3 is 4.90 Å². The Morgan fingerprint density at radius 2 is 2.00 bits per heavy atom. The highest BCUT2D eigenvalue weighted by molar-refractivity contribution is 9.10. The molecule has 1 atom stereocenters. The van der Waals surface area contributed by atoms with E-state index in [9.17, 15) is 4.79 Å². The van der Waals surface area contributed by atoms with E-state index in [-0.39, 0.29) is 11.8 Å². The molecule has 17 heavy (non-hydrogen) atoms. The highest BCUT2D eigenvalue weighted by Gasteiger charge is 2.32. The fourth-order valence-electron chi connectivity index (χ4n) is 1.91. The number of thiol groups is 1. The number of halogens is 3. The van der Waals surface area contributed by atoms with Crippen molar-refractivity contribution in [3.63, 3.8) is 0 Å². The summed E-state index contributed by atoms with van der Waals surface area (Å²) in [7, 11) is 0. The van der Waals surface area contributed by atoms with Crippen LogP contribution in [0.2, 0.25) is 10.0 Å². The molecule has 6 heteroatoms. The normalized spacial score (nSPS) is 20.1. The zero-order chi connectivity index (χ0) is 12.6. The largest absolute Gasteiger partial charge is 0.309 e. The van der Waals surface area contributed by atoms with Crippen molar-refractivity contribution in [3.05, 3.63) is 26.7 Å². The lowest BCUT2D eigenvalue weighted by molar-refractivity contribution is -0.117. The van der Waals surface area contributed by atoms with Crippen molar-refractivity contribution in [3.8, 4) is 0 Å². The van der Waals surface area contributed by atoms with Gasteiger partial charge >= 0.3 is 0 Å². The van der Waals surface area contributed by atoms with Gasteiger partial charge in [0.1, 0.15) is 0 Å². The maximum atomic E-state index is 11.9. The lowest BCUT2D eigenvalue weighted by Crippen LogP contribution is -2.25. The molecule has 0 N–H and O–H groups in total. The van der Waals surface area contributed by atoms with Gasteiger partial charge in [-0.2, -0.15) is 12.6 Å². The fourth-order valence-corrected chi connectivity index (χ4v) is 3.57. The molecular weight excluding hydrogens is 345 g/mol. The Hall–Kier alpha value is 0.1000. The van der Waals surface area contributed by atoms with Gasteiger partial charge in [0.15, 0.2) is 0 Å². The van der Waals surface area contributed by atoms with Gasteiger partial charge in [-0.05, 0) is 23.8 Å². The maximum Gasteiger partial charge on any atom is 0.227 e. The summed E-state index contributed by atoms with van der Waals surface area (Å²) < 4.78 is 0.800. The maximum absolute atomic E-state index is 11.9. The number of hydrogen-bond donors (Lipinski definition) is 1. The van der Waals surface area contributed by atoms with Crippen LogP contribution in [0, 0.1) is 5.92 Å². The lowest BCUT2D eigenvalue weighted by atomic mass is 10.1. The van der Waals surface area contributed by atoms with Gasteiger partial charge in [-0.15, -0.1) is 0 Å². The molecule has 2 nitrogen and oxygen atoms in total. The third-order valence-electron chi connectivity index (χ3n) is 2.71. The van der Waals surface area contributed by atoms with Crippen molar-refractivity contribution in [1.82, 2.24) is 0 Å². The Bertz CT molecular complexity index is 446. The number of benzene rings is 1. The van der Waals surface area contributed by atoms with Crippen LogP contribution in [0.5, 0.6) is 0 Å². The van der Waals surface area contributed by atoms with Crippen LogP contribution < -0.4 is 4.90 Å². The highest BCUT2D eigenvalue weighted by Crippen LogP contribution is 2.39.